The van der Waals surface area contributed by atoms with Gasteiger partial charge in [0.1, 0.15) is 29.7 Å². The second-order valence-corrected chi connectivity index (χ2v) is 5.20. The summed E-state index contributed by atoms with van der Waals surface area (Å²) in [5.74, 6) is 0.959. The second-order valence-electron chi connectivity index (χ2n) is 4.80. The zero-order chi connectivity index (χ0) is 17.7. The second kappa shape index (κ2) is 7.20. The zero-order valence-electron chi connectivity index (χ0n) is 12.7. The van der Waals surface area contributed by atoms with Crippen LogP contribution in [0, 0.1) is 40.9 Å². The van der Waals surface area contributed by atoms with Crippen molar-refractivity contribution >= 4 is 17.7 Å². The van der Waals surface area contributed by atoms with Crippen molar-refractivity contribution in [3.8, 4) is 29.5 Å². The Bertz CT molecular complexity index is 962. The van der Waals surface area contributed by atoms with Crippen molar-refractivity contribution in [3.05, 3.63) is 63.5 Å². The molecule has 0 fully saturated rings. The first-order chi connectivity index (χ1) is 11.5. The van der Waals surface area contributed by atoms with Gasteiger partial charge in [0.2, 0.25) is 0 Å². The lowest BCUT2D eigenvalue weighted by atomic mass is 10.1. The highest BCUT2D eigenvalue weighted by Gasteiger charge is 2.11. The normalized spacial score (nSPS) is 10.4. The van der Waals surface area contributed by atoms with E-state index < -0.39 is 0 Å². The highest BCUT2D eigenvalue weighted by Crippen LogP contribution is 2.30. The van der Waals surface area contributed by atoms with Crippen LogP contribution in [0.1, 0.15) is 11.3 Å². The molecule has 6 heteroatoms. The van der Waals surface area contributed by atoms with Crippen LogP contribution in [0.25, 0.3) is 17.4 Å². The van der Waals surface area contributed by atoms with E-state index in [1.165, 1.54) is 6.08 Å². The number of hydrogen-bond acceptors (Lipinski definition) is 5. The van der Waals surface area contributed by atoms with Crippen LogP contribution in [-0.4, -0.2) is 0 Å². The Kier molecular flexibility index (Phi) is 5.07. The van der Waals surface area contributed by atoms with Crippen molar-refractivity contribution in [3.63, 3.8) is 0 Å². The van der Waals surface area contributed by atoms with Gasteiger partial charge in [-0.05, 0) is 30.7 Å². The SMILES string of the molecule is Cc1c(Cl)cccc1-c1ccc(C=C(C#N)C(N)=C(C#N)C#N)o1. The molecule has 2 rings (SSSR count). The number of rotatable bonds is 3. The molecule has 0 aliphatic rings. The molecule has 0 radical (unpaired) electrons. The van der Waals surface area contributed by atoms with E-state index in [0.29, 0.717) is 16.5 Å². The fourth-order valence-electron chi connectivity index (χ4n) is 2.04. The predicted molar refractivity (Wildman–Crippen MR) is 89.9 cm³/mol. The summed E-state index contributed by atoms with van der Waals surface area (Å²) in [6.07, 6.45) is 1.38. The highest BCUT2D eigenvalue weighted by molar-refractivity contribution is 6.31. The number of furan rings is 1. The van der Waals surface area contributed by atoms with Gasteiger partial charge in [-0.3, -0.25) is 0 Å². The van der Waals surface area contributed by atoms with Gasteiger partial charge in [-0.1, -0.05) is 23.7 Å². The molecule has 1 aromatic carbocycles. The smallest absolute Gasteiger partial charge is 0.153 e. The first-order valence-electron chi connectivity index (χ1n) is 6.79. The fraction of sp³-hybridized carbons (Fsp3) is 0.0556. The molecule has 0 aliphatic carbocycles. The third-order valence-corrected chi connectivity index (χ3v) is 3.76. The lowest BCUT2D eigenvalue weighted by Crippen LogP contribution is -2.03. The van der Waals surface area contributed by atoms with E-state index in [1.807, 2.05) is 25.1 Å². The quantitative estimate of drug-likeness (QED) is 0.671. The molecule has 1 heterocycles. The summed E-state index contributed by atoms with van der Waals surface area (Å²) in [5, 5.41) is 27.5. The van der Waals surface area contributed by atoms with Crippen molar-refractivity contribution in [1.29, 1.82) is 15.8 Å². The molecule has 2 N–H and O–H groups in total. The maximum absolute atomic E-state index is 9.19. The molecule has 24 heavy (non-hydrogen) atoms. The van der Waals surface area contributed by atoms with Crippen LogP contribution in [0.15, 0.2) is 51.6 Å². The summed E-state index contributed by atoms with van der Waals surface area (Å²) in [6, 6.07) is 14.1. The largest absolute Gasteiger partial charge is 0.457 e. The average Bonchev–Trinajstić information content (AvgIpc) is 3.04. The fourth-order valence-corrected chi connectivity index (χ4v) is 2.22. The Morgan fingerprint density at radius 1 is 1.12 bits per heavy atom. The van der Waals surface area contributed by atoms with E-state index >= 15 is 0 Å². The van der Waals surface area contributed by atoms with Crippen LogP contribution in [0.2, 0.25) is 5.02 Å². The van der Waals surface area contributed by atoms with E-state index in [0.717, 1.165) is 11.1 Å². The third kappa shape index (κ3) is 3.31. The molecule has 1 aromatic heterocycles. The van der Waals surface area contributed by atoms with Gasteiger partial charge in [0.05, 0.1) is 11.3 Å². The molecule has 0 bridgehead atoms. The van der Waals surface area contributed by atoms with Gasteiger partial charge in [-0.25, -0.2) is 0 Å². The molecule has 0 saturated carbocycles. The van der Waals surface area contributed by atoms with E-state index in [2.05, 4.69) is 0 Å². The van der Waals surface area contributed by atoms with Crippen molar-refractivity contribution in [2.45, 2.75) is 6.92 Å². The predicted octanol–water partition coefficient (Wildman–Crippen LogP) is 4.08. The van der Waals surface area contributed by atoms with Gasteiger partial charge in [-0.15, -0.1) is 0 Å². The standard InChI is InChI=1S/C18H11ClN4O/c1-11-15(3-2-4-16(11)19)17-6-5-14(24-17)7-12(8-20)18(23)13(9-21)10-22/h2-7H,23H2,1H3. The van der Waals surface area contributed by atoms with Gasteiger partial charge >= 0.3 is 0 Å². The first-order valence-corrected chi connectivity index (χ1v) is 7.17. The summed E-state index contributed by atoms with van der Waals surface area (Å²) >= 11 is 6.11. The molecule has 0 atom stereocenters. The van der Waals surface area contributed by atoms with Crippen molar-refractivity contribution < 1.29 is 4.42 Å². The van der Waals surface area contributed by atoms with Crippen LogP contribution in [-0.2, 0) is 0 Å². The molecule has 116 valence electrons. The van der Waals surface area contributed by atoms with Crippen LogP contribution in [0.3, 0.4) is 0 Å². The summed E-state index contributed by atoms with van der Waals surface area (Å²) in [7, 11) is 0. The van der Waals surface area contributed by atoms with E-state index in [4.69, 9.17) is 32.3 Å². The summed E-state index contributed by atoms with van der Waals surface area (Å²) < 4.78 is 5.70. The maximum Gasteiger partial charge on any atom is 0.153 e. The molecule has 0 spiro atoms. The maximum atomic E-state index is 9.19. The zero-order valence-corrected chi connectivity index (χ0v) is 13.4. The number of nitrogens with two attached hydrogens (primary N) is 1. The first kappa shape index (κ1) is 16.9. The lowest BCUT2D eigenvalue weighted by Gasteiger charge is -2.04. The Morgan fingerprint density at radius 3 is 2.46 bits per heavy atom. The minimum Gasteiger partial charge on any atom is -0.457 e. The van der Waals surface area contributed by atoms with Gasteiger partial charge in [0.25, 0.3) is 0 Å². The van der Waals surface area contributed by atoms with Gasteiger partial charge in [0, 0.05) is 16.7 Å². The molecular weight excluding hydrogens is 324 g/mol. The molecular formula is C18H11ClN4O. The molecule has 0 saturated heterocycles. The molecule has 2 aromatic rings. The van der Waals surface area contributed by atoms with Gasteiger partial charge in [-0.2, -0.15) is 15.8 Å². The Hall–Kier alpha value is -3.46. The number of nitrogens with zero attached hydrogens (tertiary/aromatic N) is 3. The number of nitriles is 3. The number of benzene rings is 1. The average molecular weight is 335 g/mol. The Labute approximate surface area is 144 Å². The van der Waals surface area contributed by atoms with E-state index in [9.17, 15) is 5.26 Å². The van der Waals surface area contributed by atoms with Gasteiger partial charge in [0.15, 0.2) is 5.57 Å². The van der Waals surface area contributed by atoms with Crippen LogP contribution in [0.4, 0.5) is 0 Å². The summed E-state index contributed by atoms with van der Waals surface area (Å²) in [4.78, 5) is 0. The number of hydrogen-bond donors (Lipinski definition) is 1. The molecule has 0 aliphatic heterocycles. The Balaban J connectivity index is 2.47. The van der Waals surface area contributed by atoms with Crippen LogP contribution < -0.4 is 5.73 Å². The van der Waals surface area contributed by atoms with Crippen LogP contribution >= 0.6 is 11.6 Å². The van der Waals surface area contributed by atoms with Crippen molar-refractivity contribution in [2.75, 3.05) is 0 Å². The van der Waals surface area contributed by atoms with Crippen molar-refractivity contribution in [2.24, 2.45) is 5.73 Å². The monoisotopic (exact) mass is 334 g/mol. The third-order valence-electron chi connectivity index (χ3n) is 3.35. The van der Waals surface area contributed by atoms with E-state index in [-0.39, 0.29) is 16.8 Å². The number of halogens is 1. The summed E-state index contributed by atoms with van der Waals surface area (Å²) in [5.41, 5.74) is 6.88. The van der Waals surface area contributed by atoms with E-state index in [1.54, 1.807) is 30.3 Å². The minimum atomic E-state index is -0.319. The molecule has 0 unspecified atom stereocenters. The highest BCUT2D eigenvalue weighted by atomic mass is 35.5. The van der Waals surface area contributed by atoms with Crippen molar-refractivity contribution in [1.82, 2.24) is 0 Å². The Morgan fingerprint density at radius 2 is 1.83 bits per heavy atom. The molecule has 5 nitrogen and oxygen atoms in total. The van der Waals surface area contributed by atoms with Crippen LogP contribution in [0.5, 0.6) is 0 Å². The lowest BCUT2D eigenvalue weighted by molar-refractivity contribution is 0.571. The summed E-state index contributed by atoms with van der Waals surface area (Å²) in [6.45, 7) is 1.88. The topological polar surface area (TPSA) is 111 Å². The minimum absolute atomic E-state index is 0.0168. The number of allylic oxidation sites excluding steroid dienone is 2. The molecule has 0 amide bonds. The van der Waals surface area contributed by atoms with Gasteiger partial charge < -0.3 is 10.2 Å².